The maximum Gasteiger partial charge on any atom is 0.225 e. The SMILES string of the molecule is Cc1ccc(CC(=O)NC(c2ccccc2)c2ccc(C)cc2C)c(C)c1. The van der Waals surface area contributed by atoms with Crippen LogP contribution in [0.2, 0.25) is 0 Å². The minimum absolute atomic E-state index is 0.0378. The molecule has 0 spiro atoms. The van der Waals surface area contributed by atoms with Crippen LogP contribution < -0.4 is 5.32 Å². The van der Waals surface area contributed by atoms with E-state index in [1.165, 1.54) is 16.7 Å². The van der Waals surface area contributed by atoms with Gasteiger partial charge in [-0.15, -0.1) is 0 Å². The summed E-state index contributed by atoms with van der Waals surface area (Å²) >= 11 is 0. The normalized spacial score (nSPS) is 11.9. The molecule has 3 aromatic rings. The molecular formula is C25H27NO. The van der Waals surface area contributed by atoms with Crippen molar-refractivity contribution in [3.63, 3.8) is 0 Å². The standard InChI is InChI=1S/C25H27NO/c1-17-10-12-22(19(3)14-17)16-24(27)26-25(21-8-6-5-7-9-21)23-13-11-18(2)15-20(23)4/h5-15,25H,16H2,1-4H3,(H,26,27). The van der Waals surface area contributed by atoms with Crippen molar-refractivity contribution in [3.8, 4) is 0 Å². The van der Waals surface area contributed by atoms with Gasteiger partial charge in [0.2, 0.25) is 5.91 Å². The number of benzene rings is 3. The summed E-state index contributed by atoms with van der Waals surface area (Å²) in [6, 6.07) is 22.7. The second kappa shape index (κ2) is 8.22. The maximum atomic E-state index is 12.9. The molecule has 3 rings (SSSR count). The Hall–Kier alpha value is -2.87. The Morgan fingerprint density at radius 3 is 2.07 bits per heavy atom. The van der Waals surface area contributed by atoms with Gasteiger partial charge in [-0.05, 0) is 55.5 Å². The molecule has 0 fully saturated rings. The summed E-state index contributed by atoms with van der Waals surface area (Å²) in [5.74, 6) is 0.0378. The van der Waals surface area contributed by atoms with Crippen molar-refractivity contribution in [2.24, 2.45) is 0 Å². The summed E-state index contributed by atoms with van der Waals surface area (Å²) in [5, 5.41) is 3.26. The highest BCUT2D eigenvalue weighted by Gasteiger charge is 2.19. The molecule has 0 radical (unpaired) electrons. The molecule has 138 valence electrons. The smallest absolute Gasteiger partial charge is 0.225 e. The highest BCUT2D eigenvalue weighted by Crippen LogP contribution is 2.26. The van der Waals surface area contributed by atoms with Crippen molar-refractivity contribution in [1.29, 1.82) is 0 Å². The van der Waals surface area contributed by atoms with E-state index in [0.29, 0.717) is 6.42 Å². The Bertz CT molecular complexity index is 944. The van der Waals surface area contributed by atoms with Gasteiger partial charge < -0.3 is 5.32 Å². The summed E-state index contributed by atoms with van der Waals surface area (Å²) in [7, 11) is 0. The van der Waals surface area contributed by atoms with Gasteiger partial charge in [-0.2, -0.15) is 0 Å². The van der Waals surface area contributed by atoms with E-state index in [2.05, 4.69) is 81.5 Å². The zero-order valence-electron chi connectivity index (χ0n) is 16.5. The molecule has 1 N–H and O–H groups in total. The highest BCUT2D eigenvalue weighted by atomic mass is 16.1. The molecule has 3 aromatic carbocycles. The fourth-order valence-electron chi connectivity index (χ4n) is 3.56. The van der Waals surface area contributed by atoms with Crippen LogP contribution in [0.25, 0.3) is 0 Å². The van der Waals surface area contributed by atoms with Crippen LogP contribution in [0.1, 0.15) is 45.0 Å². The van der Waals surface area contributed by atoms with E-state index in [1.807, 2.05) is 18.2 Å². The van der Waals surface area contributed by atoms with E-state index >= 15 is 0 Å². The molecule has 0 aliphatic rings. The lowest BCUT2D eigenvalue weighted by atomic mass is 9.93. The van der Waals surface area contributed by atoms with Crippen molar-refractivity contribution in [1.82, 2.24) is 5.32 Å². The van der Waals surface area contributed by atoms with Crippen LogP contribution in [0.15, 0.2) is 66.7 Å². The van der Waals surface area contributed by atoms with E-state index in [1.54, 1.807) is 0 Å². The second-order valence-electron chi connectivity index (χ2n) is 7.38. The summed E-state index contributed by atoms with van der Waals surface area (Å²) in [6.45, 7) is 8.33. The number of nitrogens with one attached hydrogen (secondary N) is 1. The van der Waals surface area contributed by atoms with E-state index in [0.717, 1.165) is 22.3 Å². The van der Waals surface area contributed by atoms with Gasteiger partial charge in [0.05, 0.1) is 12.5 Å². The van der Waals surface area contributed by atoms with Gasteiger partial charge in [-0.3, -0.25) is 4.79 Å². The molecule has 0 heterocycles. The van der Waals surface area contributed by atoms with Gasteiger partial charge in [0.25, 0.3) is 0 Å². The summed E-state index contributed by atoms with van der Waals surface area (Å²) in [6.07, 6.45) is 0.389. The number of rotatable bonds is 5. The molecule has 2 heteroatoms. The van der Waals surface area contributed by atoms with E-state index < -0.39 is 0 Å². The number of hydrogen-bond donors (Lipinski definition) is 1. The van der Waals surface area contributed by atoms with E-state index in [4.69, 9.17) is 0 Å². The first-order valence-electron chi connectivity index (χ1n) is 9.41. The molecule has 0 aliphatic carbocycles. The van der Waals surface area contributed by atoms with Gasteiger partial charge in [-0.1, -0.05) is 77.9 Å². The molecule has 0 saturated carbocycles. The van der Waals surface area contributed by atoms with Crippen molar-refractivity contribution in [2.75, 3.05) is 0 Å². The van der Waals surface area contributed by atoms with Crippen molar-refractivity contribution in [2.45, 2.75) is 40.2 Å². The first kappa shape index (κ1) is 18.9. The summed E-state index contributed by atoms with van der Waals surface area (Å²) in [5.41, 5.74) is 8.10. The minimum Gasteiger partial charge on any atom is -0.345 e. The van der Waals surface area contributed by atoms with Crippen LogP contribution >= 0.6 is 0 Å². The lowest BCUT2D eigenvalue weighted by Gasteiger charge is -2.22. The largest absolute Gasteiger partial charge is 0.345 e. The minimum atomic E-state index is -0.148. The fraction of sp³-hybridized carbons (Fsp3) is 0.240. The van der Waals surface area contributed by atoms with Crippen LogP contribution in [0, 0.1) is 27.7 Å². The highest BCUT2D eigenvalue weighted by molar-refractivity contribution is 5.80. The third-order valence-electron chi connectivity index (χ3n) is 5.02. The summed E-state index contributed by atoms with van der Waals surface area (Å²) < 4.78 is 0. The molecule has 0 aromatic heterocycles. The Balaban J connectivity index is 1.88. The molecule has 0 aliphatic heterocycles. The quantitative estimate of drug-likeness (QED) is 0.653. The van der Waals surface area contributed by atoms with E-state index in [9.17, 15) is 4.79 Å². The number of amides is 1. The maximum absolute atomic E-state index is 12.9. The molecule has 0 saturated heterocycles. The Morgan fingerprint density at radius 2 is 1.44 bits per heavy atom. The molecule has 0 bridgehead atoms. The number of carbonyl (C=O) groups is 1. The van der Waals surface area contributed by atoms with Gasteiger partial charge in [-0.25, -0.2) is 0 Å². The molecule has 1 atom stereocenters. The average Bonchev–Trinajstić information content (AvgIpc) is 2.63. The predicted molar refractivity (Wildman–Crippen MR) is 112 cm³/mol. The Kier molecular flexibility index (Phi) is 5.75. The first-order chi connectivity index (χ1) is 12.9. The lowest BCUT2D eigenvalue weighted by molar-refractivity contribution is -0.120. The van der Waals surface area contributed by atoms with Gasteiger partial charge in [0.1, 0.15) is 0 Å². The molecule has 2 nitrogen and oxygen atoms in total. The number of hydrogen-bond acceptors (Lipinski definition) is 1. The van der Waals surface area contributed by atoms with Crippen molar-refractivity contribution in [3.05, 3.63) is 106 Å². The molecule has 27 heavy (non-hydrogen) atoms. The lowest BCUT2D eigenvalue weighted by Crippen LogP contribution is -2.31. The molecular weight excluding hydrogens is 330 g/mol. The van der Waals surface area contributed by atoms with Crippen LogP contribution in [0.5, 0.6) is 0 Å². The molecule has 1 amide bonds. The van der Waals surface area contributed by atoms with E-state index in [-0.39, 0.29) is 11.9 Å². The first-order valence-corrected chi connectivity index (χ1v) is 9.41. The van der Waals surface area contributed by atoms with Gasteiger partial charge >= 0.3 is 0 Å². The second-order valence-corrected chi connectivity index (χ2v) is 7.38. The Labute approximate surface area is 162 Å². The topological polar surface area (TPSA) is 29.1 Å². The van der Waals surface area contributed by atoms with Crippen LogP contribution in [0.4, 0.5) is 0 Å². The molecule has 1 unspecified atom stereocenters. The van der Waals surface area contributed by atoms with Crippen LogP contribution in [0.3, 0.4) is 0 Å². The van der Waals surface area contributed by atoms with Crippen molar-refractivity contribution >= 4 is 5.91 Å². The zero-order valence-corrected chi connectivity index (χ0v) is 16.5. The Morgan fingerprint density at radius 1 is 0.815 bits per heavy atom. The third-order valence-corrected chi connectivity index (χ3v) is 5.02. The summed E-state index contributed by atoms with van der Waals surface area (Å²) in [4.78, 5) is 12.9. The number of carbonyl (C=O) groups excluding carboxylic acids is 1. The van der Waals surface area contributed by atoms with Crippen molar-refractivity contribution < 1.29 is 4.79 Å². The van der Waals surface area contributed by atoms with Gasteiger partial charge in [0, 0.05) is 0 Å². The monoisotopic (exact) mass is 357 g/mol. The average molecular weight is 357 g/mol. The predicted octanol–water partition coefficient (Wildman–Crippen LogP) is 5.37. The zero-order chi connectivity index (χ0) is 19.4. The van der Waals surface area contributed by atoms with Gasteiger partial charge in [0.15, 0.2) is 0 Å². The third kappa shape index (κ3) is 4.65. The fourth-order valence-corrected chi connectivity index (χ4v) is 3.56. The van der Waals surface area contributed by atoms with Crippen LogP contribution in [-0.2, 0) is 11.2 Å². The number of aryl methyl sites for hydroxylation is 4. The van der Waals surface area contributed by atoms with Crippen LogP contribution in [-0.4, -0.2) is 5.91 Å².